The summed E-state index contributed by atoms with van der Waals surface area (Å²) in [5, 5.41) is 4.27. The largest absolute Gasteiger partial charge is 0.366 e. The van der Waals surface area contributed by atoms with Gasteiger partial charge in [0.05, 0.1) is 16.8 Å². The van der Waals surface area contributed by atoms with Crippen LogP contribution in [0.15, 0.2) is 36.5 Å². The van der Waals surface area contributed by atoms with Crippen molar-refractivity contribution in [2.24, 2.45) is 11.7 Å². The van der Waals surface area contributed by atoms with E-state index in [9.17, 15) is 13.2 Å². The number of aromatic amines is 1. The Morgan fingerprint density at radius 1 is 1.17 bits per heavy atom. The number of primary amides is 1. The highest BCUT2D eigenvalue weighted by atomic mass is 32.2. The number of nitrogens with one attached hydrogen (secondary N) is 2. The van der Waals surface area contributed by atoms with Gasteiger partial charge in [0, 0.05) is 36.8 Å². The molecule has 9 heteroatoms. The zero-order valence-electron chi connectivity index (χ0n) is 20.5. The summed E-state index contributed by atoms with van der Waals surface area (Å²) in [6.07, 6.45) is 5.77. The molecule has 36 heavy (non-hydrogen) atoms. The summed E-state index contributed by atoms with van der Waals surface area (Å²) in [5.41, 5.74) is 9.69. The van der Waals surface area contributed by atoms with Crippen molar-refractivity contribution in [1.82, 2.24) is 14.6 Å². The molecule has 0 unspecified atom stereocenters. The second kappa shape index (κ2) is 9.95. The molecular weight excluding hydrogens is 479 g/mol. The number of fused-ring (bicyclic) bond motifs is 1. The quantitative estimate of drug-likeness (QED) is 0.401. The van der Waals surface area contributed by atoms with Crippen molar-refractivity contribution >= 4 is 26.8 Å². The molecule has 5 rings (SSSR count). The number of amides is 1. The number of halogens is 1. The highest BCUT2D eigenvalue weighted by molar-refractivity contribution is 7.89. The topological polar surface area (TPSA) is 108 Å². The number of benzene rings is 2. The van der Waals surface area contributed by atoms with Crippen LogP contribution in [0.25, 0.3) is 22.0 Å². The van der Waals surface area contributed by atoms with Crippen molar-refractivity contribution in [2.75, 3.05) is 25.4 Å². The normalized spacial score (nSPS) is 17.6. The number of nitrogens with zero attached hydrogens (tertiary/aromatic N) is 1. The van der Waals surface area contributed by atoms with E-state index >= 15 is 4.39 Å². The van der Waals surface area contributed by atoms with Crippen LogP contribution in [-0.4, -0.2) is 49.0 Å². The molecule has 1 saturated carbocycles. The maximum absolute atomic E-state index is 15.0. The van der Waals surface area contributed by atoms with Crippen molar-refractivity contribution in [3.05, 3.63) is 59.0 Å². The van der Waals surface area contributed by atoms with Gasteiger partial charge in [0.2, 0.25) is 10.0 Å². The average molecular weight is 513 g/mol. The number of rotatable bonds is 9. The molecule has 3 aromatic rings. The molecular formula is C27H33FN4O3S. The number of sulfonamides is 1. The predicted octanol–water partition coefficient (Wildman–Crippen LogP) is 4.10. The fourth-order valence-electron chi connectivity index (χ4n) is 5.21. The van der Waals surface area contributed by atoms with Crippen molar-refractivity contribution in [3.8, 4) is 11.1 Å². The predicted molar refractivity (Wildman–Crippen MR) is 140 cm³/mol. The second-order valence-corrected chi connectivity index (χ2v) is 12.3. The Labute approximate surface area is 211 Å². The lowest BCUT2D eigenvalue weighted by Crippen LogP contribution is -2.38. The zero-order chi connectivity index (χ0) is 25.4. The molecule has 0 spiro atoms. The van der Waals surface area contributed by atoms with Gasteiger partial charge in [-0.15, -0.1) is 0 Å². The molecule has 0 bridgehead atoms. The average Bonchev–Trinajstić information content (AvgIpc) is 3.60. The van der Waals surface area contributed by atoms with Crippen LogP contribution in [0.2, 0.25) is 0 Å². The first kappa shape index (κ1) is 24.9. The van der Waals surface area contributed by atoms with Crippen molar-refractivity contribution in [1.29, 1.82) is 0 Å². The van der Waals surface area contributed by atoms with Gasteiger partial charge in [0.15, 0.2) is 0 Å². The fraction of sp³-hybridized carbons (Fsp3) is 0.444. The molecule has 1 aliphatic carbocycles. The monoisotopic (exact) mass is 512 g/mol. The van der Waals surface area contributed by atoms with E-state index in [1.807, 2.05) is 18.3 Å². The molecule has 4 N–H and O–H groups in total. The Bertz CT molecular complexity index is 1390. The molecule has 2 heterocycles. The molecule has 2 fully saturated rings. The van der Waals surface area contributed by atoms with E-state index in [1.54, 1.807) is 23.4 Å². The summed E-state index contributed by atoms with van der Waals surface area (Å²) < 4.78 is 41.1. The number of hydrogen-bond donors (Lipinski definition) is 3. The Morgan fingerprint density at radius 3 is 2.58 bits per heavy atom. The summed E-state index contributed by atoms with van der Waals surface area (Å²) in [4.78, 5) is 15.6. The van der Waals surface area contributed by atoms with Crippen LogP contribution in [-0.2, 0) is 16.6 Å². The van der Waals surface area contributed by atoms with Gasteiger partial charge < -0.3 is 16.0 Å². The minimum absolute atomic E-state index is 0.0941. The van der Waals surface area contributed by atoms with E-state index in [0.717, 1.165) is 29.0 Å². The lowest BCUT2D eigenvalue weighted by atomic mass is 9.88. The molecule has 2 aliphatic rings. The molecule has 1 aromatic heterocycles. The lowest BCUT2D eigenvalue weighted by Gasteiger charge is -2.31. The number of carbonyl (C=O) groups excluding carboxylic acids is 1. The van der Waals surface area contributed by atoms with Crippen LogP contribution in [0.3, 0.4) is 0 Å². The van der Waals surface area contributed by atoms with Gasteiger partial charge in [-0.1, -0.05) is 6.07 Å². The first-order valence-electron chi connectivity index (χ1n) is 12.7. The first-order valence-corrected chi connectivity index (χ1v) is 14.3. The zero-order valence-corrected chi connectivity index (χ0v) is 21.3. The van der Waals surface area contributed by atoms with Crippen LogP contribution in [0.5, 0.6) is 0 Å². The van der Waals surface area contributed by atoms with E-state index in [1.165, 1.54) is 18.9 Å². The van der Waals surface area contributed by atoms with Crippen molar-refractivity contribution in [3.63, 3.8) is 0 Å². The number of aromatic nitrogens is 1. The number of nitrogens with two attached hydrogens (primary N) is 1. The molecule has 2 aromatic carbocycles. The molecule has 1 saturated heterocycles. The summed E-state index contributed by atoms with van der Waals surface area (Å²) in [6, 6.07) is 8.66. The maximum atomic E-state index is 15.0. The summed E-state index contributed by atoms with van der Waals surface area (Å²) in [5.74, 6) is 0.0384. The maximum Gasteiger partial charge on any atom is 0.250 e. The number of piperidine rings is 1. The van der Waals surface area contributed by atoms with Gasteiger partial charge in [-0.2, -0.15) is 0 Å². The Morgan fingerprint density at radius 2 is 1.92 bits per heavy atom. The number of H-pyrrole nitrogens is 1. The SMILES string of the molecule is CCS(=O)(=O)N1CCC(c2c[nH]c3c(C(N)=O)cc(-c4cc(CNCC5CC5)ccc4F)cc23)CC1. The Hall–Kier alpha value is -2.75. The second-order valence-electron chi connectivity index (χ2n) is 10.0. The first-order chi connectivity index (χ1) is 17.3. The van der Waals surface area contributed by atoms with Crippen LogP contribution in [0.4, 0.5) is 4.39 Å². The summed E-state index contributed by atoms with van der Waals surface area (Å²) in [7, 11) is -3.22. The van der Waals surface area contributed by atoms with E-state index in [2.05, 4.69) is 10.3 Å². The van der Waals surface area contributed by atoms with Crippen LogP contribution in [0.1, 0.15) is 60.0 Å². The molecule has 0 atom stereocenters. The lowest BCUT2D eigenvalue weighted by molar-refractivity contribution is 0.100. The molecule has 7 nitrogen and oxygen atoms in total. The minimum Gasteiger partial charge on any atom is -0.366 e. The highest BCUT2D eigenvalue weighted by Crippen LogP contribution is 2.38. The smallest absolute Gasteiger partial charge is 0.250 e. The van der Waals surface area contributed by atoms with Crippen LogP contribution in [0, 0.1) is 11.7 Å². The summed E-state index contributed by atoms with van der Waals surface area (Å²) >= 11 is 0. The number of carbonyl (C=O) groups is 1. The fourth-order valence-corrected chi connectivity index (χ4v) is 6.35. The standard InChI is InChI=1S/C27H33FN4O3S/c1-2-36(34,35)32-9-7-19(8-10-32)24-16-31-26-22(24)12-20(13-23(26)27(29)33)21-11-18(5-6-25(21)28)15-30-14-17-3-4-17/h5-6,11-13,16-17,19,30-31H,2-4,7-10,14-15H2,1H3,(H2,29,33). The minimum atomic E-state index is -3.22. The molecule has 192 valence electrons. The third-order valence-electron chi connectivity index (χ3n) is 7.54. The third kappa shape index (κ3) is 5.05. The molecule has 1 amide bonds. The van der Waals surface area contributed by atoms with E-state index < -0.39 is 15.9 Å². The Balaban J connectivity index is 1.48. The van der Waals surface area contributed by atoms with Gasteiger partial charge in [-0.3, -0.25) is 4.79 Å². The Kier molecular flexibility index (Phi) is 6.89. The third-order valence-corrected chi connectivity index (χ3v) is 9.42. The van der Waals surface area contributed by atoms with Gasteiger partial charge >= 0.3 is 0 Å². The van der Waals surface area contributed by atoms with E-state index in [-0.39, 0.29) is 17.5 Å². The van der Waals surface area contributed by atoms with E-state index in [0.29, 0.717) is 54.7 Å². The van der Waals surface area contributed by atoms with Gasteiger partial charge in [-0.05, 0) is 91.9 Å². The van der Waals surface area contributed by atoms with E-state index in [4.69, 9.17) is 5.73 Å². The van der Waals surface area contributed by atoms with Crippen LogP contribution < -0.4 is 11.1 Å². The van der Waals surface area contributed by atoms with Crippen molar-refractivity contribution in [2.45, 2.75) is 45.1 Å². The van der Waals surface area contributed by atoms with Gasteiger partial charge in [0.1, 0.15) is 5.82 Å². The highest BCUT2D eigenvalue weighted by Gasteiger charge is 2.29. The van der Waals surface area contributed by atoms with Gasteiger partial charge in [0.25, 0.3) is 5.91 Å². The molecule has 0 radical (unpaired) electrons. The van der Waals surface area contributed by atoms with Gasteiger partial charge in [-0.25, -0.2) is 17.1 Å². The molecule has 1 aliphatic heterocycles. The number of hydrogen-bond acceptors (Lipinski definition) is 4. The summed E-state index contributed by atoms with van der Waals surface area (Å²) in [6.45, 7) is 4.20. The van der Waals surface area contributed by atoms with Crippen LogP contribution >= 0.6 is 0 Å². The van der Waals surface area contributed by atoms with Crippen molar-refractivity contribution < 1.29 is 17.6 Å².